The molecule has 2 atom stereocenters. The third-order valence-corrected chi connectivity index (χ3v) is 1.99. The second-order valence-electron chi connectivity index (χ2n) is 2.82. The molecule has 0 amide bonds. The van der Waals surface area contributed by atoms with Crippen molar-refractivity contribution in [1.82, 2.24) is 0 Å². The van der Waals surface area contributed by atoms with Crippen molar-refractivity contribution >= 4 is 0 Å². The van der Waals surface area contributed by atoms with E-state index in [9.17, 15) is 5.11 Å². The Morgan fingerprint density at radius 2 is 2.00 bits per heavy atom. The smallest absolute Gasteiger partial charge is 0.0874 e. The maximum absolute atomic E-state index is 9.34. The SMILES string of the molecule is CC[C@H](C)[C@@](C)(O)CO. The highest BCUT2D eigenvalue weighted by Gasteiger charge is 2.25. The molecule has 0 bridgehead atoms. The quantitative estimate of drug-likeness (QED) is 0.595. The van der Waals surface area contributed by atoms with Gasteiger partial charge in [-0.05, 0) is 12.8 Å². The lowest BCUT2D eigenvalue weighted by molar-refractivity contribution is -0.0418. The molecule has 0 heterocycles. The Morgan fingerprint density at radius 1 is 1.56 bits per heavy atom. The molecule has 0 aliphatic heterocycles. The van der Waals surface area contributed by atoms with Crippen LogP contribution in [0.5, 0.6) is 0 Å². The largest absolute Gasteiger partial charge is 0.393 e. The van der Waals surface area contributed by atoms with Crippen LogP contribution >= 0.6 is 0 Å². The van der Waals surface area contributed by atoms with Gasteiger partial charge in [0.25, 0.3) is 0 Å². The van der Waals surface area contributed by atoms with Crippen LogP contribution in [0.1, 0.15) is 27.2 Å². The zero-order valence-corrected chi connectivity index (χ0v) is 6.39. The minimum atomic E-state index is -0.894. The van der Waals surface area contributed by atoms with Crippen LogP contribution in [0.4, 0.5) is 0 Å². The predicted molar refractivity (Wildman–Crippen MR) is 37.2 cm³/mol. The molecule has 0 rings (SSSR count). The number of rotatable bonds is 3. The first-order chi connectivity index (χ1) is 4.04. The van der Waals surface area contributed by atoms with E-state index in [0.29, 0.717) is 0 Å². The molecule has 56 valence electrons. The van der Waals surface area contributed by atoms with E-state index in [0.717, 1.165) is 6.42 Å². The standard InChI is InChI=1S/C7H16O2/c1-4-6(2)7(3,9)5-8/h6,8-9H,4-5H2,1-3H3/t6-,7-/m0/s1. The number of aliphatic hydroxyl groups is 2. The molecule has 0 aliphatic rings. The van der Waals surface area contributed by atoms with Gasteiger partial charge in [-0.2, -0.15) is 0 Å². The molecular formula is C7H16O2. The molecule has 0 spiro atoms. The van der Waals surface area contributed by atoms with Crippen molar-refractivity contribution in [2.75, 3.05) is 6.61 Å². The van der Waals surface area contributed by atoms with Crippen molar-refractivity contribution in [2.24, 2.45) is 5.92 Å². The summed E-state index contributed by atoms with van der Waals surface area (Å²) in [5.74, 6) is 0.169. The molecule has 0 saturated carbocycles. The summed E-state index contributed by atoms with van der Waals surface area (Å²) in [6.07, 6.45) is 0.896. The molecule has 0 aromatic heterocycles. The minimum absolute atomic E-state index is 0.151. The Morgan fingerprint density at radius 3 is 2.11 bits per heavy atom. The first-order valence-corrected chi connectivity index (χ1v) is 3.37. The van der Waals surface area contributed by atoms with Gasteiger partial charge in [-0.15, -0.1) is 0 Å². The van der Waals surface area contributed by atoms with Crippen molar-refractivity contribution < 1.29 is 10.2 Å². The molecule has 0 aliphatic carbocycles. The molecule has 0 aromatic carbocycles. The van der Waals surface area contributed by atoms with Gasteiger partial charge in [0.15, 0.2) is 0 Å². The van der Waals surface area contributed by atoms with Crippen LogP contribution < -0.4 is 0 Å². The molecule has 2 nitrogen and oxygen atoms in total. The first kappa shape index (κ1) is 8.92. The Bertz CT molecular complexity index is 79.0. The topological polar surface area (TPSA) is 40.5 Å². The summed E-state index contributed by atoms with van der Waals surface area (Å²) in [6.45, 7) is 5.42. The van der Waals surface area contributed by atoms with E-state index in [-0.39, 0.29) is 12.5 Å². The van der Waals surface area contributed by atoms with Crippen molar-refractivity contribution in [2.45, 2.75) is 32.8 Å². The van der Waals surface area contributed by atoms with E-state index in [1.165, 1.54) is 0 Å². The maximum Gasteiger partial charge on any atom is 0.0874 e. The van der Waals surface area contributed by atoms with Gasteiger partial charge in [-0.1, -0.05) is 20.3 Å². The van der Waals surface area contributed by atoms with Gasteiger partial charge < -0.3 is 10.2 Å². The summed E-state index contributed by atoms with van der Waals surface area (Å²) >= 11 is 0. The summed E-state index contributed by atoms with van der Waals surface area (Å²) in [7, 11) is 0. The maximum atomic E-state index is 9.34. The average Bonchev–Trinajstić information content (AvgIpc) is 1.86. The van der Waals surface area contributed by atoms with Gasteiger partial charge in [0.1, 0.15) is 0 Å². The van der Waals surface area contributed by atoms with Crippen LogP contribution in [0, 0.1) is 5.92 Å². The summed E-state index contributed by atoms with van der Waals surface area (Å²) in [4.78, 5) is 0. The van der Waals surface area contributed by atoms with E-state index >= 15 is 0 Å². The van der Waals surface area contributed by atoms with Gasteiger partial charge in [-0.3, -0.25) is 0 Å². The van der Waals surface area contributed by atoms with Gasteiger partial charge in [0, 0.05) is 0 Å². The third-order valence-electron chi connectivity index (χ3n) is 1.99. The molecule has 0 saturated heterocycles. The fourth-order valence-corrected chi connectivity index (χ4v) is 0.596. The average molecular weight is 132 g/mol. The van der Waals surface area contributed by atoms with E-state index in [4.69, 9.17) is 5.11 Å². The molecule has 0 unspecified atom stereocenters. The van der Waals surface area contributed by atoms with Crippen LogP contribution in [0.2, 0.25) is 0 Å². The summed E-state index contributed by atoms with van der Waals surface area (Å²) in [6, 6.07) is 0. The van der Waals surface area contributed by atoms with Crippen LogP contribution in [0.3, 0.4) is 0 Å². The van der Waals surface area contributed by atoms with Crippen LogP contribution in [-0.4, -0.2) is 22.4 Å². The van der Waals surface area contributed by atoms with Crippen LogP contribution in [0.15, 0.2) is 0 Å². The van der Waals surface area contributed by atoms with Crippen LogP contribution in [0.25, 0.3) is 0 Å². The summed E-state index contributed by atoms with van der Waals surface area (Å²) < 4.78 is 0. The second-order valence-corrected chi connectivity index (χ2v) is 2.82. The van der Waals surface area contributed by atoms with Gasteiger partial charge in [0.2, 0.25) is 0 Å². The zero-order chi connectivity index (χ0) is 7.49. The molecule has 2 N–H and O–H groups in total. The fraction of sp³-hybridized carbons (Fsp3) is 1.00. The second kappa shape index (κ2) is 3.18. The number of hydrogen-bond donors (Lipinski definition) is 2. The monoisotopic (exact) mass is 132 g/mol. The molecular weight excluding hydrogens is 116 g/mol. The molecule has 9 heavy (non-hydrogen) atoms. The summed E-state index contributed by atoms with van der Waals surface area (Å²) in [5, 5.41) is 18.0. The highest BCUT2D eigenvalue weighted by atomic mass is 16.3. The lowest BCUT2D eigenvalue weighted by Crippen LogP contribution is -2.36. The first-order valence-electron chi connectivity index (χ1n) is 3.37. The normalized spacial score (nSPS) is 21.0. The fourth-order valence-electron chi connectivity index (χ4n) is 0.596. The van der Waals surface area contributed by atoms with E-state index < -0.39 is 5.60 Å². The Labute approximate surface area is 56.5 Å². The van der Waals surface area contributed by atoms with Crippen molar-refractivity contribution in [3.05, 3.63) is 0 Å². The van der Waals surface area contributed by atoms with Gasteiger partial charge >= 0.3 is 0 Å². The van der Waals surface area contributed by atoms with Crippen molar-refractivity contribution in [1.29, 1.82) is 0 Å². The van der Waals surface area contributed by atoms with E-state index in [1.54, 1.807) is 6.92 Å². The predicted octanol–water partition coefficient (Wildman–Crippen LogP) is 0.776. The Kier molecular flexibility index (Phi) is 3.15. The molecule has 0 radical (unpaired) electrons. The number of hydrogen-bond acceptors (Lipinski definition) is 2. The van der Waals surface area contributed by atoms with E-state index in [2.05, 4.69) is 0 Å². The van der Waals surface area contributed by atoms with Crippen LogP contribution in [-0.2, 0) is 0 Å². The zero-order valence-electron chi connectivity index (χ0n) is 6.39. The highest BCUT2D eigenvalue weighted by molar-refractivity contribution is 4.76. The highest BCUT2D eigenvalue weighted by Crippen LogP contribution is 2.18. The lowest BCUT2D eigenvalue weighted by atomic mass is 9.90. The van der Waals surface area contributed by atoms with E-state index in [1.807, 2.05) is 13.8 Å². The Hall–Kier alpha value is -0.0800. The number of aliphatic hydroxyl groups excluding tert-OH is 1. The Balaban J connectivity index is 3.80. The minimum Gasteiger partial charge on any atom is -0.393 e. The van der Waals surface area contributed by atoms with Crippen molar-refractivity contribution in [3.8, 4) is 0 Å². The third kappa shape index (κ3) is 2.33. The summed E-state index contributed by atoms with van der Waals surface area (Å²) in [5.41, 5.74) is -0.894. The molecule has 2 heteroatoms. The van der Waals surface area contributed by atoms with Gasteiger partial charge in [0.05, 0.1) is 12.2 Å². The van der Waals surface area contributed by atoms with Gasteiger partial charge in [-0.25, -0.2) is 0 Å². The molecule has 0 aromatic rings. The lowest BCUT2D eigenvalue weighted by Gasteiger charge is -2.26. The van der Waals surface area contributed by atoms with Crippen molar-refractivity contribution in [3.63, 3.8) is 0 Å². The molecule has 0 fully saturated rings.